The molecule has 2 amide bonds. The number of carboxylic acid groups (broad SMARTS) is 1. The smallest absolute Gasteiger partial charge is 0.325 e. The van der Waals surface area contributed by atoms with E-state index in [1.807, 2.05) is 0 Å². The molecule has 0 aliphatic heterocycles. The SMILES string of the molecule is COC(=O)CN(C)C(=O)NCC(C)C(=O)O. The Morgan fingerprint density at radius 2 is 2.00 bits per heavy atom. The number of methoxy groups -OCH3 is 1. The van der Waals surface area contributed by atoms with Crippen molar-refractivity contribution in [1.82, 2.24) is 10.2 Å². The highest BCUT2D eigenvalue weighted by Crippen LogP contribution is 1.93. The fraction of sp³-hybridized carbons (Fsp3) is 0.667. The summed E-state index contributed by atoms with van der Waals surface area (Å²) in [6, 6.07) is -0.515. The standard InChI is InChI=1S/C9H16N2O5/c1-6(8(13)14)4-10-9(15)11(2)5-7(12)16-3/h6H,4-5H2,1-3H3,(H,10,15)(H,13,14). The fourth-order valence-corrected chi connectivity index (χ4v) is 0.793. The van der Waals surface area contributed by atoms with Crippen LogP contribution in [0.15, 0.2) is 0 Å². The van der Waals surface area contributed by atoms with Gasteiger partial charge >= 0.3 is 18.0 Å². The van der Waals surface area contributed by atoms with Crippen molar-refractivity contribution in [3.05, 3.63) is 0 Å². The molecule has 0 aliphatic rings. The predicted octanol–water partition coefficient (Wildman–Crippen LogP) is -0.478. The highest BCUT2D eigenvalue weighted by Gasteiger charge is 2.16. The van der Waals surface area contributed by atoms with Gasteiger partial charge < -0.3 is 20.1 Å². The van der Waals surface area contributed by atoms with Gasteiger partial charge in [-0.25, -0.2) is 4.79 Å². The van der Waals surface area contributed by atoms with Crippen molar-refractivity contribution >= 4 is 18.0 Å². The van der Waals surface area contributed by atoms with E-state index in [-0.39, 0.29) is 13.1 Å². The highest BCUT2D eigenvalue weighted by atomic mass is 16.5. The Balaban J connectivity index is 3.97. The Morgan fingerprint density at radius 1 is 1.44 bits per heavy atom. The first kappa shape index (κ1) is 14.2. The number of nitrogens with zero attached hydrogens (tertiary/aromatic N) is 1. The Morgan fingerprint density at radius 3 is 2.44 bits per heavy atom. The van der Waals surface area contributed by atoms with E-state index in [1.165, 1.54) is 21.1 Å². The number of amides is 2. The van der Waals surface area contributed by atoms with Crippen molar-refractivity contribution < 1.29 is 24.2 Å². The molecule has 0 aromatic heterocycles. The van der Waals surface area contributed by atoms with E-state index >= 15 is 0 Å². The number of ether oxygens (including phenoxy) is 1. The number of carboxylic acids is 1. The van der Waals surface area contributed by atoms with E-state index in [0.717, 1.165) is 4.90 Å². The third-order valence-corrected chi connectivity index (χ3v) is 1.92. The van der Waals surface area contributed by atoms with Crippen molar-refractivity contribution in [3.63, 3.8) is 0 Å². The summed E-state index contributed by atoms with van der Waals surface area (Å²) >= 11 is 0. The second-order valence-corrected chi connectivity index (χ2v) is 3.36. The summed E-state index contributed by atoms with van der Waals surface area (Å²) in [7, 11) is 2.64. The number of likely N-dealkylation sites (N-methyl/N-ethyl adjacent to an activating group) is 1. The Kier molecular flexibility index (Phi) is 5.91. The van der Waals surface area contributed by atoms with Gasteiger partial charge in [-0.05, 0) is 0 Å². The molecule has 0 bridgehead atoms. The second-order valence-electron chi connectivity index (χ2n) is 3.36. The maximum Gasteiger partial charge on any atom is 0.325 e. The molecule has 92 valence electrons. The summed E-state index contributed by atoms with van der Waals surface area (Å²) < 4.78 is 4.38. The van der Waals surface area contributed by atoms with E-state index < -0.39 is 23.9 Å². The second kappa shape index (κ2) is 6.65. The molecule has 7 heteroatoms. The van der Waals surface area contributed by atoms with Crippen molar-refractivity contribution in [2.45, 2.75) is 6.92 Å². The van der Waals surface area contributed by atoms with E-state index in [0.29, 0.717) is 0 Å². The van der Waals surface area contributed by atoms with Crippen LogP contribution in [0, 0.1) is 5.92 Å². The Bertz CT molecular complexity index is 279. The van der Waals surface area contributed by atoms with E-state index in [9.17, 15) is 14.4 Å². The lowest BCUT2D eigenvalue weighted by atomic mass is 10.2. The summed E-state index contributed by atoms with van der Waals surface area (Å²) in [6.07, 6.45) is 0. The van der Waals surface area contributed by atoms with Gasteiger partial charge in [-0.15, -0.1) is 0 Å². The van der Waals surface area contributed by atoms with Crippen LogP contribution in [0.25, 0.3) is 0 Å². The molecule has 2 N–H and O–H groups in total. The first-order valence-electron chi connectivity index (χ1n) is 4.67. The molecular weight excluding hydrogens is 216 g/mol. The maximum atomic E-state index is 11.3. The number of carbonyl (C=O) groups is 3. The van der Waals surface area contributed by atoms with Gasteiger partial charge in [-0.2, -0.15) is 0 Å². The van der Waals surface area contributed by atoms with Crippen molar-refractivity contribution in [1.29, 1.82) is 0 Å². The van der Waals surface area contributed by atoms with Crippen LogP contribution in [-0.2, 0) is 14.3 Å². The lowest BCUT2D eigenvalue weighted by Crippen LogP contribution is -2.42. The number of nitrogens with one attached hydrogen (secondary N) is 1. The predicted molar refractivity (Wildman–Crippen MR) is 54.8 cm³/mol. The molecule has 0 saturated heterocycles. The molecule has 0 fully saturated rings. The third kappa shape index (κ3) is 5.18. The van der Waals surface area contributed by atoms with Gasteiger partial charge in [0.2, 0.25) is 0 Å². The van der Waals surface area contributed by atoms with E-state index in [4.69, 9.17) is 5.11 Å². The summed E-state index contributed by atoms with van der Waals surface area (Å²) in [5.41, 5.74) is 0. The normalized spacial score (nSPS) is 11.4. The molecule has 0 rings (SSSR count). The first-order valence-corrected chi connectivity index (χ1v) is 4.67. The highest BCUT2D eigenvalue weighted by molar-refractivity contribution is 5.81. The number of hydrogen-bond donors (Lipinski definition) is 2. The minimum atomic E-state index is -0.990. The molecule has 16 heavy (non-hydrogen) atoms. The van der Waals surface area contributed by atoms with Crippen LogP contribution in [0.1, 0.15) is 6.92 Å². The fourth-order valence-electron chi connectivity index (χ4n) is 0.793. The average Bonchev–Trinajstić information content (AvgIpc) is 2.24. The van der Waals surface area contributed by atoms with E-state index in [1.54, 1.807) is 0 Å². The van der Waals surface area contributed by atoms with Gasteiger partial charge in [0, 0.05) is 13.6 Å². The van der Waals surface area contributed by atoms with Crippen LogP contribution in [0.4, 0.5) is 4.79 Å². The number of rotatable bonds is 5. The van der Waals surface area contributed by atoms with Crippen LogP contribution in [0.3, 0.4) is 0 Å². The van der Waals surface area contributed by atoms with Crippen LogP contribution < -0.4 is 5.32 Å². The van der Waals surface area contributed by atoms with Gasteiger partial charge in [0.1, 0.15) is 6.54 Å². The number of urea groups is 1. The van der Waals surface area contributed by atoms with Crippen molar-refractivity contribution in [3.8, 4) is 0 Å². The van der Waals surface area contributed by atoms with Gasteiger partial charge in [0.05, 0.1) is 13.0 Å². The summed E-state index contributed by atoms with van der Waals surface area (Å²) in [4.78, 5) is 33.7. The van der Waals surface area contributed by atoms with Crippen LogP contribution in [0.2, 0.25) is 0 Å². The quantitative estimate of drug-likeness (QED) is 0.624. The zero-order valence-electron chi connectivity index (χ0n) is 9.52. The van der Waals surface area contributed by atoms with E-state index in [2.05, 4.69) is 10.1 Å². The van der Waals surface area contributed by atoms with Crippen LogP contribution in [0.5, 0.6) is 0 Å². The molecule has 0 aliphatic carbocycles. The summed E-state index contributed by atoms with van der Waals surface area (Å²) in [6.45, 7) is 1.31. The monoisotopic (exact) mass is 232 g/mol. The molecular formula is C9H16N2O5. The number of aliphatic carboxylic acids is 1. The van der Waals surface area contributed by atoms with Gasteiger partial charge in [0.25, 0.3) is 0 Å². The molecule has 0 aromatic carbocycles. The molecule has 1 atom stereocenters. The summed E-state index contributed by atoms with van der Waals surface area (Å²) in [5, 5.41) is 11.0. The maximum absolute atomic E-state index is 11.3. The number of carbonyl (C=O) groups excluding carboxylic acids is 2. The van der Waals surface area contributed by atoms with Crippen LogP contribution >= 0.6 is 0 Å². The van der Waals surface area contributed by atoms with Crippen molar-refractivity contribution in [2.24, 2.45) is 5.92 Å². The van der Waals surface area contributed by atoms with Gasteiger partial charge in [-0.1, -0.05) is 6.92 Å². The summed E-state index contributed by atoms with van der Waals surface area (Å²) in [5.74, 6) is -2.20. The Labute approximate surface area is 93.4 Å². The molecule has 0 radical (unpaired) electrons. The van der Waals surface area contributed by atoms with Gasteiger partial charge in [-0.3, -0.25) is 9.59 Å². The van der Waals surface area contributed by atoms with Crippen LogP contribution in [-0.4, -0.2) is 55.2 Å². The topological polar surface area (TPSA) is 95.9 Å². The third-order valence-electron chi connectivity index (χ3n) is 1.92. The average molecular weight is 232 g/mol. The molecule has 0 aromatic rings. The van der Waals surface area contributed by atoms with Crippen molar-refractivity contribution in [2.75, 3.05) is 27.2 Å². The minimum absolute atomic E-state index is 0.0136. The number of esters is 1. The molecule has 0 saturated carbocycles. The van der Waals surface area contributed by atoms with Gasteiger partial charge in [0.15, 0.2) is 0 Å². The Hall–Kier alpha value is -1.79. The zero-order chi connectivity index (χ0) is 12.7. The lowest BCUT2D eigenvalue weighted by Gasteiger charge is -2.17. The largest absolute Gasteiger partial charge is 0.481 e. The first-order chi connectivity index (χ1) is 7.38. The molecule has 0 heterocycles. The zero-order valence-corrected chi connectivity index (χ0v) is 9.52. The molecule has 1 unspecified atom stereocenters. The number of hydrogen-bond acceptors (Lipinski definition) is 4. The lowest BCUT2D eigenvalue weighted by molar-refractivity contribution is -0.142. The molecule has 7 nitrogen and oxygen atoms in total. The molecule has 0 spiro atoms. The minimum Gasteiger partial charge on any atom is -0.481 e.